The number of anilines is 1. The summed E-state index contributed by atoms with van der Waals surface area (Å²) >= 11 is 0. The Kier molecular flexibility index (Phi) is 6.97. The van der Waals surface area contributed by atoms with E-state index in [2.05, 4.69) is 12.1 Å². The molecule has 2 aromatic carbocycles. The van der Waals surface area contributed by atoms with Crippen molar-refractivity contribution in [2.75, 3.05) is 51.9 Å². The molecule has 32 heavy (non-hydrogen) atoms. The molecule has 0 aromatic heterocycles. The Balaban J connectivity index is 1.36. The molecule has 2 aromatic rings. The summed E-state index contributed by atoms with van der Waals surface area (Å²) in [7, 11) is 3.50. The van der Waals surface area contributed by atoms with Crippen molar-refractivity contribution < 1.29 is 24.1 Å². The van der Waals surface area contributed by atoms with Crippen molar-refractivity contribution in [3.63, 3.8) is 0 Å². The van der Waals surface area contributed by atoms with Crippen LogP contribution in [0.15, 0.2) is 54.3 Å². The predicted molar refractivity (Wildman–Crippen MR) is 123 cm³/mol. The van der Waals surface area contributed by atoms with Crippen molar-refractivity contribution in [2.24, 2.45) is 0 Å². The van der Waals surface area contributed by atoms with E-state index in [1.54, 1.807) is 24.2 Å². The molecule has 0 atom stereocenters. The summed E-state index contributed by atoms with van der Waals surface area (Å²) in [6.45, 7) is 2.29. The Bertz CT molecular complexity index is 969. The third kappa shape index (κ3) is 5.23. The molecule has 170 valence electrons. The van der Waals surface area contributed by atoms with Crippen molar-refractivity contribution in [1.82, 2.24) is 4.90 Å². The summed E-state index contributed by atoms with van der Waals surface area (Å²) in [6.07, 6.45) is 4.31. The molecule has 0 unspecified atom stereocenters. The number of aliphatic hydroxyl groups excluding tert-OH is 1. The summed E-state index contributed by atoms with van der Waals surface area (Å²) in [5, 5.41) is 8.98. The zero-order chi connectivity index (χ0) is 22.5. The van der Waals surface area contributed by atoms with Crippen LogP contribution >= 0.6 is 0 Å². The van der Waals surface area contributed by atoms with Crippen LogP contribution in [0.2, 0.25) is 0 Å². The lowest BCUT2D eigenvalue weighted by molar-refractivity contribution is -0.116. The fraction of sp³-hybridized carbons (Fsp3) is 0.400. The molecule has 4 rings (SSSR count). The monoisotopic (exact) mass is 438 g/mol. The van der Waals surface area contributed by atoms with Crippen LogP contribution in [0.25, 0.3) is 0 Å². The second-order valence-corrected chi connectivity index (χ2v) is 8.14. The van der Waals surface area contributed by atoms with Crippen LogP contribution in [-0.2, 0) is 4.79 Å². The van der Waals surface area contributed by atoms with E-state index in [1.165, 1.54) is 18.4 Å². The van der Waals surface area contributed by atoms with Crippen molar-refractivity contribution in [3.05, 3.63) is 59.9 Å². The van der Waals surface area contributed by atoms with Gasteiger partial charge in [-0.15, -0.1) is 0 Å². The Morgan fingerprint density at radius 3 is 2.56 bits per heavy atom. The van der Waals surface area contributed by atoms with Crippen LogP contribution in [0, 0.1) is 0 Å². The van der Waals surface area contributed by atoms with Gasteiger partial charge in [-0.25, -0.2) is 0 Å². The number of hydrogen-bond acceptors (Lipinski definition) is 6. The van der Waals surface area contributed by atoms with Gasteiger partial charge < -0.3 is 29.1 Å². The van der Waals surface area contributed by atoms with Crippen LogP contribution in [-0.4, -0.2) is 62.9 Å². The third-order valence-electron chi connectivity index (χ3n) is 5.74. The second-order valence-electron chi connectivity index (χ2n) is 8.14. The van der Waals surface area contributed by atoms with Gasteiger partial charge in [0.1, 0.15) is 12.4 Å². The number of ether oxygens (including phenoxy) is 3. The van der Waals surface area contributed by atoms with Crippen LogP contribution in [0.4, 0.5) is 5.69 Å². The smallest absolute Gasteiger partial charge is 0.294 e. The Hall–Kier alpha value is -3.03. The highest BCUT2D eigenvalue weighted by Gasteiger charge is 2.28. The summed E-state index contributed by atoms with van der Waals surface area (Å²) in [5.74, 6) is 2.68. The summed E-state index contributed by atoms with van der Waals surface area (Å²) in [4.78, 5) is 16.6. The van der Waals surface area contributed by atoms with E-state index in [1.807, 2.05) is 36.2 Å². The third-order valence-corrected chi connectivity index (χ3v) is 5.74. The molecule has 1 fully saturated rings. The van der Waals surface area contributed by atoms with Gasteiger partial charge in [0.15, 0.2) is 17.3 Å². The average Bonchev–Trinajstić information content (AvgIpc) is 3.59. The molecular weight excluding hydrogens is 408 g/mol. The number of carbonyl (C=O) groups excluding carboxylic acids is 1. The Morgan fingerprint density at radius 2 is 1.88 bits per heavy atom. The fourth-order valence-corrected chi connectivity index (χ4v) is 3.67. The first-order valence-electron chi connectivity index (χ1n) is 11.0. The number of likely N-dealkylation sites (N-methyl/N-ethyl adjacent to an activating group) is 1. The molecule has 7 nitrogen and oxygen atoms in total. The van der Waals surface area contributed by atoms with Crippen molar-refractivity contribution in [1.29, 1.82) is 0 Å². The number of carbonyl (C=O) groups is 1. The topological polar surface area (TPSA) is 71.5 Å². The summed E-state index contributed by atoms with van der Waals surface area (Å²) in [6, 6.07) is 13.5. The normalized spacial score (nSPS) is 15.8. The van der Waals surface area contributed by atoms with Gasteiger partial charge in [0, 0.05) is 31.4 Å². The fourth-order valence-electron chi connectivity index (χ4n) is 3.67. The quantitative estimate of drug-likeness (QED) is 0.581. The average molecular weight is 439 g/mol. The van der Waals surface area contributed by atoms with Crippen molar-refractivity contribution >= 4 is 11.6 Å². The van der Waals surface area contributed by atoms with Gasteiger partial charge in [0.05, 0.1) is 13.7 Å². The molecular formula is C25H30N2O5. The minimum absolute atomic E-state index is 0.115. The molecule has 0 spiro atoms. The van der Waals surface area contributed by atoms with Gasteiger partial charge in [0.2, 0.25) is 0 Å². The van der Waals surface area contributed by atoms with Gasteiger partial charge in [-0.2, -0.15) is 0 Å². The lowest BCUT2D eigenvalue weighted by Gasteiger charge is -2.20. The highest BCUT2D eigenvalue weighted by Crippen LogP contribution is 2.40. The summed E-state index contributed by atoms with van der Waals surface area (Å²) in [5.41, 5.74) is 2.05. The van der Waals surface area contributed by atoms with Crippen LogP contribution in [0.3, 0.4) is 0 Å². The predicted octanol–water partition coefficient (Wildman–Crippen LogP) is 3.19. The van der Waals surface area contributed by atoms with Crippen LogP contribution < -0.4 is 19.1 Å². The van der Waals surface area contributed by atoms with E-state index in [0.717, 1.165) is 5.69 Å². The van der Waals surface area contributed by atoms with E-state index in [0.29, 0.717) is 55.2 Å². The molecule has 0 bridgehead atoms. The van der Waals surface area contributed by atoms with E-state index < -0.39 is 0 Å². The molecule has 0 radical (unpaired) electrons. The number of amides is 1. The lowest BCUT2D eigenvalue weighted by atomic mass is 10.1. The first kappa shape index (κ1) is 22.2. The number of methoxy groups -OCH3 is 1. The maximum Gasteiger partial charge on any atom is 0.294 e. The highest BCUT2D eigenvalue weighted by atomic mass is 16.5. The minimum atomic E-state index is -0.183. The van der Waals surface area contributed by atoms with Gasteiger partial charge in [-0.05, 0) is 61.7 Å². The van der Waals surface area contributed by atoms with E-state index in [-0.39, 0.29) is 12.5 Å². The number of hydrogen-bond donors (Lipinski definition) is 1. The van der Waals surface area contributed by atoms with Gasteiger partial charge >= 0.3 is 0 Å². The maximum atomic E-state index is 12.9. The van der Waals surface area contributed by atoms with Crippen molar-refractivity contribution in [3.8, 4) is 17.2 Å². The molecule has 7 heteroatoms. The first-order valence-corrected chi connectivity index (χ1v) is 11.0. The Labute approximate surface area is 188 Å². The Morgan fingerprint density at radius 1 is 1.09 bits per heavy atom. The van der Waals surface area contributed by atoms with E-state index in [4.69, 9.17) is 19.3 Å². The molecule has 1 aliphatic carbocycles. The first-order chi connectivity index (χ1) is 15.6. The molecule has 2 aliphatic rings. The highest BCUT2D eigenvalue weighted by molar-refractivity contribution is 6.07. The minimum Gasteiger partial charge on any atom is -0.493 e. The SMILES string of the molecule is COc1cc(N2CC=C(Oc3ccc(C4CC4)cc3)C2=O)ccc1OCCN(C)CCO. The molecule has 1 aliphatic heterocycles. The van der Waals surface area contributed by atoms with E-state index in [9.17, 15) is 4.79 Å². The number of rotatable bonds is 11. The van der Waals surface area contributed by atoms with E-state index >= 15 is 0 Å². The number of aliphatic hydroxyl groups is 1. The van der Waals surface area contributed by atoms with Gasteiger partial charge in [-0.1, -0.05) is 12.1 Å². The number of nitrogens with zero attached hydrogens (tertiary/aromatic N) is 2. The molecule has 1 saturated carbocycles. The summed E-state index contributed by atoms with van der Waals surface area (Å²) < 4.78 is 17.2. The second kappa shape index (κ2) is 10.1. The molecule has 0 saturated heterocycles. The van der Waals surface area contributed by atoms with Crippen LogP contribution in [0.5, 0.6) is 17.2 Å². The lowest BCUT2D eigenvalue weighted by Crippen LogP contribution is -2.28. The molecule has 1 N–H and O–H groups in total. The van der Waals surface area contributed by atoms with Gasteiger partial charge in [-0.3, -0.25) is 4.79 Å². The standard InChI is InChI=1S/C25H30N2O5/c1-26(13-15-28)14-16-31-22-10-7-20(17-24(22)30-2)27-12-11-23(25(27)29)32-21-8-5-19(6-9-21)18-3-4-18/h5-11,17-18,28H,3-4,12-16H2,1-2H3. The molecule has 1 amide bonds. The largest absolute Gasteiger partial charge is 0.493 e. The maximum absolute atomic E-state index is 12.9. The van der Waals surface area contributed by atoms with Gasteiger partial charge in [0.25, 0.3) is 5.91 Å². The van der Waals surface area contributed by atoms with Crippen LogP contribution in [0.1, 0.15) is 24.3 Å². The zero-order valence-electron chi connectivity index (χ0n) is 18.6. The van der Waals surface area contributed by atoms with Crippen molar-refractivity contribution in [2.45, 2.75) is 18.8 Å². The number of benzene rings is 2. The molecule has 1 heterocycles. The zero-order valence-corrected chi connectivity index (χ0v) is 18.6.